The highest BCUT2D eigenvalue weighted by Gasteiger charge is 2.22. The summed E-state index contributed by atoms with van der Waals surface area (Å²) in [6, 6.07) is 56.5. The SMILES string of the molecule is c1ccc(CC2CCC(Cc3ccccc3)CCC(Cc3ccccc3)CCN(Cc3ccccc3)CCC(Cc3ccccc3)CC2)cc1. The molecule has 0 amide bonds. The molecule has 1 fully saturated rings. The Bertz CT molecular complexity index is 1280. The summed E-state index contributed by atoms with van der Waals surface area (Å²) >= 11 is 0. The average Bonchev–Trinajstić information content (AvgIpc) is 3.17. The van der Waals surface area contributed by atoms with E-state index in [0.717, 1.165) is 18.4 Å². The van der Waals surface area contributed by atoms with Gasteiger partial charge in [0.1, 0.15) is 0 Å². The fourth-order valence-corrected chi connectivity index (χ4v) is 8.44. The quantitative estimate of drug-likeness (QED) is 0.144. The van der Waals surface area contributed by atoms with E-state index in [4.69, 9.17) is 0 Å². The smallest absolute Gasteiger partial charge is 0.0233 e. The van der Waals surface area contributed by atoms with E-state index in [0.29, 0.717) is 11.8 Å². The molecule has 0 aliphatic carbocycles. The van der Waals surface area contributed by atoms with Crippen LogP contribution in [-0.2, 0) is 32.2 Å². The van der Waals surface area contributed by atoms with E-state index in [2.05, 4.69) is 157 Å². The van der Waals surface area contributed by atoms with E-state index in [9.17, 15) is 0 Å². The van der Waals surface area contributed by atoms with E-state index >= 15 is 0 Å². The van der Waals surface area contributed by atoms with Crippen LogP contribution in [0.5, 0.6) is 0 Å². The number of benzene rings is 5. The maximum atomic E-state index is 2.80. The maximum Gasteiger partial charge on any atom is 0.0233 e. The standard InChI is InChI=1S/C49H59N/c1-6-16-41(17-7-1)36-45-26-27-46(37-42-18-8-2-9-19-42)29-31-48(39-44-22-12-4-13-23-44)33-35-50(40-49-24-14-5-15-25-49)34-32-47(30-28-45)38-43-20-10-3-11-21-43/h1-25,45-48H,26-40H2. The first-order valence-electron chi connectivity index (χ1n) is 19.7. The van der Waals surface area contributed by atoms with Crippen molar-refractivity contribution >= 4 is 0 Å². The Morgan fingerprint density at radius 3 is 0.820 bits per heavy atom. The van der Waals surface area contributed by atoms with Crippen molar-refractivity contribution < 1.29 is 0 Å². The third kappa shape index (κ3) is 12.4. The lowest BCUT2D eigenvalue weighted by Gasteiger charge is -2.28. The molecule has 1 nitrogen and oxygen atoms in total. The zero-order valence-electron chi connectivity index (χ0n) is 30.3. The van der Waals surface area contributed by atoms with Gasteiger partial charge in [0.15, 0.2) is 0 Å². The Balaban J connectivity index is 1.27. The molecule has 0 bridgehead atoms. The molecule has 4 atom stereocenters. The average molecular weight is 662 g/mol. The molecule has 1 heteroatoms. The molecule has 5 aromatic carbocycles. The topological polar surface area (TPSA) is 3.24 Å². The highest BCUT2D eigenvalue weighted by atomic mass is 15.1. The minimum absolute atomic E-state index is 0.694. The summed E-state index contributed by atoms with van der Waals surface area (Å²) in [7, 11) is 0. The number of rotatable bonds is 10. The molecule has 260 valence electrons. The van der Waals surface area contributed by atoms with E-state index in [1.165, 1.54) is 118 Å². The zero-order chi connectivity index (χ0) is 34.1. The van der Waals surface area contributed by atoms with Crippen LogP contribution in [0.3, 0.4) is 0 Å². The van der Waals surface area contributed by atoms with Gasteiger partial charge in [0.25, 0.3) is 0 Å². The summed E-state index contributed by atoms with van der Waals surface area (Å²) in [6.45, 7) is 3.39. The molecular formula is C49H59N. The first-order valence-corrected chi connectivity index (χ1v) is 19.7. The molecule has 5 aromatic rings. The van der Waals surface area contributed by atoms with Gasteiger partial charge in [-0.2, -0.15) is 0 Å². The number of hydrogen-bond donors (Lipinski definition) is 0. The highest BCUT2D eigenvalue weighted by Crippen LogP contribution is 2.32. The molecule has 0 aromatic heterocycles. The maximum absolute atomic E-state index is 2.80. The molecule has 1 aliphatic rings. The van der Waals surface area contributed by atoms with Crippen molar-refractivity contribution in [1.82, 2.24) is 4.90 Å². The predicted molar refractivity (Wildman–Crippen MR) is 213 cm³/mol. The molecule has 0 spiro atoms. The van der Waals surface area contributed by atoms with Crippen molar-refractivity contribution in [2.75, 3.05) is 13.1 Å². The zero-order valence-corrected chi connectivity index (χ0v) is 30.3. The second-order valence-corrected chi connectivity index (χ2v) is 15.3. The second kappa shape index (κ2) is 20.0. The van der Waals surface area contributed by atoms with Gasteiger partial charge in [0.05, 0.1) is 0 Å². The molecular weight excluding hydrogens is 603 g/mol. The predicted octanol–water partition coefficient (Wildman–Crippen LogP) is 12.1. The fourth-order valence-electron chi connectivity index (χ4n) is 8.44. The lowest BCUT2D eigenvalue weighted by atomic mass is 9.80. The number of hydrogen-bond acceptors (Lipinski definition) is 1. The normalized spacial score (nSPS) is 21.5. The van der Waals surface area contributed by atoms with Gasteiger partial charge in [-0.3, -0.25) is 4.90 Å². The first kappa shape index (κ1) is 35.9. The Morgan fingerprint density at radius 2 is 0.540 bits per heavy atom. The molecule has 0 radical (unpaired) electrons. The molecule has 6 rings (SSSR count). The summed E-state index contributed by atoms with van der Waals surface area (Å²) in [6.07, 6.45) is 15.2. The molecule has 1 saturated heterocycles. The summed E-state index contributed by atoms with van der Waals surface area (Å²) in [5, 5.41) is 0. The van der Waals surface area contributed by atoms with Gasteiger partial charge < -0.3 is 0 Å². The van der Waals surface area contributed by atoms with Crippen LogP contribution in [-0.4, -0.2) is 18.0 Å². The van der Waals surface area contributed by atoms with Crippen molar-refractivity contribution in [3.8, 4) is 0 Å². The molecule has 1 aliphatic heterocycles. The van der Waals surface area contributed by atoms with Crippen LogP contribution in [0.1, 0.15) is 79.2 Å². The molecule has 0 N–H and O–H groups in total. The van der Waals surface area contributed by atoms with Crippen LogP contribution >= 0.6 is 0 Å². The molecule has 50 heavy (non-hydrogen) atoms. The van der Waals surface area contributed by atoms with E-state index in [1.54, 1.807) is 0 Å². The lowest BCUT2D eigenvalue weighted by Crippen LogP contribution is -2.29. The third-order valence-electron chi connectivity index (χ3n) is 11.4. The van der Waals surface area contributed by atoms with Crippen molar-refractivity contribution in [1.29, 1.82) is 0 Å². The van der Waals surface area contributed by atoms with Gasteiger partial charge >= 0.3 is 0 Å². The van der Waals surface area contributed by atoms with E-state index < -0.39 is 0 Å². The number of nitrogens with zero attached hydrogens (tertiary/aromatic N) is 1. The third-order valence-corrected chi connectivity index (χ3v) is 11.4. The minimum atomic E-state index is 0.694. The van der Waals surface area contributed by atoms with Crippen LogP contribution in [0.25, 0.3) is 0 Å². The summed E-state index contributed by atoms with van der Waals surface area (Å²) in [4.78, 5) is 2.80. The Morgan fingerprint density at radius 1 is 0.300 bits per heavy atom. The fraction of sp³-hybridized carbons (Fsp3) is 0.388. The van der Waals surface area contributed by atoms with Crippen LogP contribution in [0.4, 0.5) is 0 Å². The monoisotopic (exact) mass is 661 g/mol. The summed E-state index contributed by atoms with van der Waals surface area (Å²) < 4.78 is 0. The van der Waals surface area contributed by atoms with Crippen LogP contribution in [0.15, 0.2) is 152 Å². The summed E-state index contributed by atoms with van der Waals surface area (Å²) in [5.41, 5.74) is 7.44. The summed E-state index contributed by atoms with van der Waals surface area (Å²) in [5.74, 6) is 2.83. The van der Waals surface area contributed by atoms with Crippen molar-refractivity contribution in [2.24, 2.45) is 23.7 Å². The van der Waals surface area contributed by atoms with Crippen LogP contribution in [0, 0.1) is 23.7 Å². The van der Waals surface area contributed by atoms with Gasteiger partial charge in [0.2, 0.25) is 0 Å². The largest absolute Gasteiger partial charge is 0.299 e. The Hall–Kier alpha value is -3.94. The minimum Gasteiger partial charge on any atom is -0.299 e. The molecule has 1 heterocycles. The van der Waals surface area contributed by atoms with Crippen molar-refractivity contribution in [2.45, 2.75) is 83.6 Å². The van der Waals surface area contributed by atoms with Gasteiger partial charge in [-0.05, 0) is 142 Å². The van der Waals surface area contributed by atoms with E-state index in [-0.39, 0.29) is 0 Å². The van der Waals surface area contributed by atoms with Crippen molar-refractivity contribution in [3.63, 3.8) is 0 Å². The van der Waals surface area contributed by atoms with Gasteiger partial charge in [-0.15, -0.1) is 0 Å². The molecule has 4 unspecified atom stereocenters. The van der Waals surface area contributed by atoms with Crippen LogP contribution < -0.4 is 0 Å². The van der Waals surface area contributed by atoms with Gasteiger partial charge in [-0.1, -0.05) is 152 Å². The molecule has 0 saturated carbocycles. The van der Waals surface area contributed by atoms with Gasteiger partial charge in [0, 0.05) is 6.54 Å². The Kier molecular flexibility index (Phi) is 14.4. The van der Waals surface area contributed by atoms with Crippen LogP contribution in [0.2, 0.25) is 0 Å². The van der Waals surface area contributed by atoms with E-state index in [1.807, 2.05) is 0 Å². The first-order chi connectivity index (χ1) is 24.7. The van der Waals surface area contributed by atoms with Crippen molar-refractivity contribution in [3.05, 3.63) is 179 Å². The lowest BCUT2D eigenvalue weighted by molar-refractivity contribution is 0.215. The van der Waals surface area contributed by atoms with Gasteiger partial charge in [-0.25, -0.2) is 0 Å². The second-order valence-electron chi connectivity index (χ2n) is 15.3. The Labute approximate surface area is 303 Å². The highest BCUT2D eigenvalue weighted by molar-refractivity contribution is 5.19.